The summed E-state index contributed by atoms with van der Waals surface area (Å²) in [5.41, 5.74) is 0. The number of unbranched alkanes of at least 4 members (excludes halogenated alkanes) is 21. The molecule has 6 heteroatoms. The molecule has 0 aromatic heterocycles. The molecule has 0 radical (unpaired) electrons. The van der Waals surface area contributed by atoms with Gasteiger partial charge in [0.15, 0.2) is 6.10 Å². The van der Waals surface area contributed by atoms with Crippen molar-refractivity contribution < 1.29 is 28.6 Å². The SMILES string of the molecule is CC/C=C\C/C=C\C/C=C\C/C=C\CCCCC(=O)O[C@H](COC(=O)CCCCCCC/C=C\CCCC)COC(=O)CCCCCCCCCCCCCCC. The first kappa shape index (κ1) is 54.1. The van der Waals surface area contributed by atoms with Gasteiger partial charge in [0, 0.05) is 19.3 Å². The van der Waals surface area contributed by atoms with Crippen LogP contribution in [0.1, 0.15) is 226 Å². The summed E-state index contributed by atoms with van der Waals surface area (Å²) in [4.78, 5) is 37.8. The molecule has 0 aliphatic carbocycles. The van der Waals surface area contributed by atoms with Crippen LogP contribution in [0.3, 0.4) is 0 Å². The molecule has 0 saturated carbocycles. The monoisotopic (exact) mass is 797 g/mol. The molecule has 1 atom stereocenters. The smallest absolute Gasteiger partial charge is 0.306 e. The third kappa shape index (κ3) is 44.1. The van der Waals surface area contributed by atoms with E-state index in [4.69, 9.17) is 14.2 Å². The average Bonchev–Trinajstić information content (AvgIpc) is 3.21. The summed E-state index contributed by atoms with van der Waals surface area (Å²) in [5.74, 6) is -0.945. The van der Waals surface area contributed by atoms with E-state index in [1.165, 1.54) is 96.3 Å². The highest BCUT2D eigenvalue weighted by atomic mass is 16.6. The number of ether oxygens (including phenoxy) is 3. The maximum atomic E-state index is 12.7. The van der Waals surface area contributed by atoms with Gasteiger partial charge in [0.2, 0.25) is 0 Å². The summed E-state index contributed by atoms with van der Waals surface area (Å²) in [7, 11) is 0. The Kier molecular flexibility index (Phi) is 43.5. The molecule has 0 fully saturated rings. The molecule has 0 aromatic carbocycles. The molecule has 57 heavy (non-hydrogen) atoms. The van der Waals surface area contributed by atoms with Gasteiger partial charge in [-0.1, -0.05) is 191 Å². The van der Waals surface area contributed by atoms with Crippen LogP contribution in [0.4, 0.5) is 0 Å². The van der Waals surface area contributed by atoms with Crippen molar-refractivity contribution in [2.24, 2.45) is 0 Å². The van der Waals surface area contributed by atoms with Crippen LogP contribution < -0.4 is 0 Å². The van der Waals surface area contributed by atoms with Crippen molar-refractivity contribution in [3.8, 4) is 0 Å². The van der Waals surface area contributed by atoms with Crippen LogP contribution in [0.25, 0.3) is 0 Å². The zero-order valence-corrected chi connectivity index (χ0v) is 37.3. The van der Waals surface area contributed by atoms with Crippen molar-refractivity contribution in [2.75, 3.05) is 13.2 Å². The van der Waals surface area contributed by atoms with Gasteiger partial charge in [0.05, 0.1) is 0 Å². The van der Waals surface area contributed by atoms with Crippen molar-refractivity contribution in [2.45, 2.75) is 232 Å². The van der Waals surface area contributed by atoms with Crippen LogP contribution in [-0.2, 0) is 28.6 Å². The van der Waals surface area contributed by atoms with Crippen LogP contribution in [-0.4, -0.2) is 37.2 Å². The summed E-state index contributed by atoms with van der Waals surface area (Å²) in [6.45, 7) is 6.43. The van der Waals surface area contributed by atoms with Gasteiger partial charge in [0.1, 0.15) is 13.2 Å². The summed E-state index contributed by atoms with van der Waals surface area (Å²) >= 11 is 0. The summed E-state index contributed by atoms with van der Waals surface area (Å²) in [6, 6.07) is 0. The van der Waals surface area contributed by atoms with Crippen molar-refractivity contribution in [3.63, 3.8) is 0 Å². The molecule has 0 heterocycles. The number of allylic oxidation sites excluding steroid dienone is 10. The van der Waals surface area contributed by atoms with Crippen LogP contribution in [0.15, 0.2) is 60.8 Å². The van der Waals surface area contributed by atoms with Crippen molar-refractivity contribution in [1.82, 2.24) is 0 Å². The van der Waals surface area contributed by atoms with E-state index >= 15 is 0 Å². The number of rotatable bonds is 42. The minimum atomic E-state index is -0.795. The van der Waals surface area contributed by atoms with Gasteiger partial charge in [-0.15, -0.1) is 0 Å². The minimum Gasteiger partial charge on any atom is -0.462 e. The number of carbonyl (C=O) groups is 3. The first-order valence-electron chi connectivity index (χ1n) is 23.8. The van der Waals surface area contributed by atoms with E-state index in [1.807, 2.05) is 0 Å². The van der Waals surface area contributed by atoms with Gasteiger partial charge in [-0.3, -0.25) is 14.4 Å². The molecule has 0 aliphatic rings. The maximum absolute atomic E-state index is 12.7. The zero-order valence-electron chi connectivity index (χ0n) is 37.3. The predicted octanol–water partition coefficient (Wildman–Crippen LogP) is 15.3. The number of hydrogen-bond acceptors (Lipinski definition) is 6. The molecule has 0 N–H and O–H groups in total. The Bertz CT molecular complexity index is 1050. The molecule has 0 bridgehead atoms. The van der Waals surface area contributed by atoms with Gasteiger partial charge >= 0.3 is 17.9 Å². The Morgan fingerprint density at radius 1 is 0.368 bits per heavy atom. The molecule has 0 spiro atoms. The lowest BCUT2D eigenvalue weighted by Crippen LogP contribution is -2.30. The first-order chi connectivity index (χ1) is 28.0. The molecular formula is C51H88O6. The summed E-state index contributed by atoms with van der Waals surface area (Å²) in [6.07, 6.45) is 54.9. The van der Waals surface area contributed by atoms with Gasteiger partial charge in [-0.05, 0) is 77.0 Å². The van der Waals surface area contributed by atoms with E-state index in [0.717, 1.165) is 83.5 Å². The van der Waals surface area contributed by atoms with Crippen LogP contribution in [0.5, 0.6) is 0 Å². The third-order valence-electron chi connectivity index (χ3n) is 10.0. The highest BCUT2D eigenvalue weighted by Crippen LogP contribution is 2.14. The standard InChI is InChI=1S/C51H88O6/c1-4-7-10-13-16-19-22-24-25-27-30-33-36-39-42-45-51(54)57-48(46-55-49(52)43-40-37-34-31-28-21-18-15-12-9-6-3)47-56-50(53)44-41-38-35-32-29-26-23-20-17-14-11-8-5-2/h7,10,15-16,18-19,24-25,30,33,48H,4-6,8-9,11-14,17,20-23,26-29,31-32,34-47H2,1-3H3/b10-7-,18-15-,19-16-,25-24-,33-30-/t48-/m1/s1. The highest BCUT2D eigenvalue weighted by molar-refractivity contribution is 5.71. The van der Waals surface area contributed by atoms with Gasteiger partial charge in [-0.25, -0.2) is 0 Å². The van der Waals surface area contributed by atoms with E-state index in [0.29, 0.717) is 19.3 Å². The van der Waals surface area contributed by atoms with E-state index in [2.05, 4.69) is 81.5 Å². The maximum Gasteiger partial charge on any atom is 0.306 e. The van der Waals surface area contributed by atoms with Crippen molar-refractivity contribution in [1.29, 1.82) is 0 Å². The van der Waals surface area contributed by atoms with Gasteiger partial charge < -0.3 is 14.2 Å². The zero-order chi connectivity index (χ0) is 41.5. The normalized spacial score (nSPS) is 12.5. The summed E-state index contributed by atoms with van der Waals surface area (Å²) < 4.78 is 16.7. The quantitative estimate of drug-likeness (QED) is 0.0265. The lowest BCUT2D eigenvalue weighted by atomic mass is 10.0. The Balaban J connectivity index is 4.45. The molecule has 0 aliphatic heterocycles. The Labute approximate surface area is 351 Å². The third-order valence-corrected chi connectivity index (χ3v) is 10.0. The minimum absolute atomic E-state index is 0.0921. The molecule has 0 amide bonds. The number of esters is 3. The number of carbonyl (C=O) groups excluding carboxylic acids is 3. The fourth-order valence-corrected chi connectivity index (χ4v) is 6.41. The lowest BCUT2D eigenvalue weighted by molar-refractivity contribution is -0.167. The van der Waals surface area contributed by atoms with Crippen LogP contribution in [0, 0.1) is 0 Å². The fourth-order valence-electron chi connectivity index (χ4n) is 6.41. The van der Waals surface area contributed by atoms with Gasteiger partial charge in [-0.2, -0.15) is 0 Å². The lowest BCUT2D eigenvalue weighted by Gasteiger charge is -2.18. The van der Waals surface area contributed by atoms with Crippen molar-refractivity contribution in [3.05, 3.63) is 60.8 Å². The Hall–Kier alpha value is -2.89. The van der Waals surface area contributed by atoms with E-state index in [-0.39, 0.29) is 37.5 Å². The van der Waals surface area contributed by atoms with E-state index in [9.17, 15) is 14.4 Å². The second kappa shape index (κ2) is 45.8. The van der Waals surface area contributed by atoms with Crippen LogP contribution >= 0.6 is 0 Å². The largest absolute Gasteiger partial charge is 0.462 e. The predicted molar refractivity (Wildman–Crippen MR) is 242 cm³/mol. The second-order valence-corrected chi connectivity index (χ2v) is 15.6. The average molecular weight is 797 g/mol. The molecule has 0 saturated heterocycles. The Morgan fingerprint density at radius 3 is 1.18 bits per heavy atom. The molecule has 0 aromatic rings. The molecule has 0 unspecified atom stereocenters. The van der Waals surface area contributed by atoms with Crippen LogP contribution in [0.2, 0.25) is 0 Å². The molecule has 6 nitrogen and oxygen atoms in total. The van der Waals surface area contributed by atoms with E-state index < -0.39 is 6.10 Å². The highest BCUT2D eigenvalue weighted by Gasteiger charge is 2.19. The molecule has 328 valence electrons. The first-order valence-corrected chi connectivity index (χ1v) is 23.8. The molecular weight excluding hydrogens is 709 g/mol. The summed E-state index contributed by atoms with van der Waals surface area (Å²) in [5, 5.41) is 0. The van der Waals surface area contributed by atoms with Gasteiger partial charge in [0.25, 0.3) is 0 Å². The number of hydrogen-bond donors (Lipinski definition) is 0. The topological polar surface area (TPSA) is 78.9 Å². The molecule has 0 rings (SSSR count). The fraction of sp³-hybridized carbons (Fsp3) is 0.745. The van der Waals surface area contributed by atoms with Crippen molar-refractivity contribution >= 4 is 17.9 Å². The Morgan fingerprint density at radius 2 is 0.702 bits per heavy atom. The van der Waals surface area contributed by atoms with E-state index in [1.54, 1.807) is 0 Å². The second-order valence-electron chi connectivity index (χ2n) is 15.6.